The highest BCUT2D eigenvalue weighted by Crippen LogP contribution is 2.20. The number of aryl methyl sites for hydroxylation is 1. The Labute approximate surface area is 100 Å². The summed E-state index contributed by atoms with van der Waals surface area (Å²) in [6, 6.07) is 6.97. The number of phenolic OH excluding ortho intramolecular Hbond substituents is 1. The summed E-state index contributed by atoms with van der Waals surface area (Å²) in [4.78, 5) is 0. The van der Waals surface area contributed by atoms with E-state index >= 15 is 0 Å². The van der Waals surface area contributed by atoms with Gasteiger partial charge in [-0.3, -0.25) is 0 Å². The molecule has 0 saturated carbocycles. The lowest BCUT2D eigenvalue weighted by atomic mass is 10.1. The van der Waals surface area contributed by atoms with Crippen LogP contribution in [0.2, 0.25) is 0 Å². The van der Waals surface area contributed by atoms with Gasteiger partial charge in [0.1, 0.15) is 5.75 Å². The highest BCUT2D eigenvalue weighted by atomic mass is 16.3. The van der Waals surface area contributed by atoms with Crippen molar-refractivity contribution in [2.75, 3.05) is 6.61 Å². The number of aliphatic hydroxyl groups is 1. The first-order chi connectivity index (χ1) is 8.13. The SMILES string of the molecule is Cc1nn(-c2cccc(O)c2)c(C)c1CCO. The minimum Gasteiger partial charge on any atom is -0.508 e. The van der Waals surface area contributed by atoms with Gasteiger partial charge in [-0.25, -0.2) is 4.68 Å². The summed E-state index contributed by atoms with van der Waals surface area (Å²) in [6.45, 7) is 4.01. The fourth-order valence-electron chi connectivity index (χ4n) is 2.02. The van der Waals surface area contributed by atoms with Gasteiger partial charge in [0.2, 0.25) is 0 Å². The molecule has 17 heavy (non-hydrogen) atoms. The number of aliphatic hydroxyl groups excluding tert-OH is 1. The molecule has 1 heterocycles. The second kappa shape index (κ2) is 4.59. The summed E-state index contributed by atoms with van der Waals surface area (Å²) < 4.78 is 1.79. The second-order valence-corrected chi connectivity index (χ2v) is 4.05. The van der Waals surface area contributed by atoms with Gasteiger partial charge in [-0.1, -0.05) is 6.07 Å². The van der Waals surface area contributed by atoms with Gasteiger partial charge in [-0.05, 0) is 38.0 Å². The summed E-state index contributed by atoms with van der Waals surface area (Å²) >= 11 is 0. The Balaban J connectivity index is 2.50. The molecular weight excluding hydrogens is 216 g/mol. The van der Waals surface area contributed by atoms with Crippen molar-refractivity contribution in [3.63, 3.8) is 0 Å². The van der Waals surface area contributed by atoms with E-state index in [1.807, 2.05) is 19.9 Å². The molecule has 1 aromatic heterocycles. The van der Waals surface area contributed by atoms with Gasteiger partial charge in [0.15, 0.2) is 0 Å². The molecule has 0 unspecified atom stereocenters. The van der Waals surface area contributed by atoms with Crippen molar-refractivity contribution in [1.29, 1.82) is 0 Å². The smallest absolute Gasteiger partial charge is 0.117 e. The Bertz CT molecular complexity index is 532. The molecule has 0 fully saturated rings. The third-order valence-electron chi connectivity index (χ3n) is 2.88. The molecule has 0 radical (unpaired) electrons. The van der Waals surface area contributed by atoms with E-state index in [2.05, 4.69) is 5.10 Å². The Kier molecular flexibility index (Phi) is 3.15. The largest absolute Gasteiger partial charge is 0.508 e. The Morgan fingerprint density at radius 3 is 2.71 bits per heavy atom. The Morgan fingerprint density at radius 1 is 1.29 bits per heavy atom. The lowest BCUT2D eigenvalue weighted by molar-refractivity contribution is 0.299. The van der Waals surface area contributed by atoms with Crippen LogP contribution in [0.25, 0.3) is 5.69 Å². The predicted octanol–water partition coefficient (Wildman–Crippen LogP) is 1.73. The maximum absolute atomic E-state index is 9.46. The number of hydrogen-bond acceptors (Lipinski definition) is 3. The van der Waals surface area contributed by atoms with E-state index in [1.54, 1.807) is 22.9 Å². The fraction of sp³-hybridized carbons (Fsp3) is 0.308. The number of hydrogen-bond donors (Lipinski definition) is 2. The first kappa shape index (κ1) is 11.7. The van der Waals surface area contributed by atoms with Crippen LogP contribution in [0, 0.1) is 13.8 Å². The van der Waals surface area contributed by atoms with Crippen LogP contribution in [0.1, 0.15) is 17.0 Å². The van der Waals surface area contributed by atoms with E-state index in [4.69, 9.17) is 5.11 Å². The van der Waals surface area contributed by atoms with E-state index in [0.29, 0.717) is 6.42 Å². The van der Waals surface area contributed by atoms with Crippen LogP contribution in [-0.4, -0.2) is 26.6 Å². The van der Waals surface area contributed by atoms with Gasteiger partial charge in [-0.2, -0.15) is 5.10 Å². The molecule has 90 valence electrons. The molecule has 4 nitrogen and oxygen atoms in total. The summed E-state index contributed by atoms with van der Waals surface area (Å²) in [7, 11) is 0. The average molecular weight is 232 g/mol. The van der Waals surface area contributed by atoms with E-state index in [1.165, 1.54) is 0 Å². The number of aromatic nitrogens is 2. The zero-order chi connectivity index (χ0) is 12.4. The maximum Gasteiger partial charge on any atom is 0.117 e. The lowest BCUT2D eigenvalue weighted by Crippen LogP contribution is -2.00. The molecular formula is C13H16N2O2. The minimum absolute atomic E-state index is 0.118. The molecule has 0 spiro atoms. The van der Waals surface area contributed by atoms with Gasteiger partial charge in [-0.15, -0.1) is 0 Å². The highest BCUT2D eigenvalue weighted by molar-refractivity contribution is 5.41. The third kappa shape index (κ3) is 2.17. The summed E-state index contributed by atoms with van der Waals surface area (Å²) in [5.74, 6) is 0.221. The van der Waals surface area contributed by atoms with Crippen LogP contribution in [-0.2, 0) is 6.42 Å². The van der Waals surface area contributed by atoms with Crippen molar-refractivity contribution in [3.05, 3.63) is 41.2 Å². The first-order valence-corrected chi connectivity index (χ1v) is 5.59. The van der Waals surface area contributed by atoms with Crippen LogP contribution in [0.3, 0.4) is 0 Å². The normalized spacial score (nSPS) is 10.8. The lowest BCUT2D eigenvalue weighted by Gasteiger charge is -2.05. The quantitative estimate of drug-likeness (QED) is 0.847. The number of phenols is 1. The number of aromatic hydroxyl groups is 1. The molecule has 0 amide bonds. The van der Waals surface area contributed by atoms with Crippen molar-refractivity contribution < 1.29 is 10.2 Å². The predicted molar refractivity (Wildman–Crippen MR) is 65.5 cm³/mol. The Hall–Kier alpha value is -1.81. The first-order valence-electron chi connectivity index (χ1n) is 5.59. The van der Waals surface area contributed by atoms with E-state index in [-0.39, 0.29) is 12.4 Å². The Morgan fingerprint density at radius 2 is 2.06 bits per heavy atom. The van der Waals surface area contributed by atoms with Crippen molar-refractivity contribution in [1.82, 2.24) is 9.78 Å². The number of benzene rings is 1. The molecule has 0 saturated heterocycles. The molecule has 4 heteroatoms. The van der Waals surface area contributed by atoms with Crippen molar-refractivity contribution in [2.45, 2.75) is 20.3 Å². The van der Waals surface area contributed by atoms with Crippen LogP contribution < -0.4 is 0 Å². The van der Waals surface area contributed by atoms with E-state index in [9.17, 15) is 5.11 Å². The second-order valence-electron chi connectivity index (χ2n) is 4.05. The molecule has 2 rings (SSSR count). The molecule has 1 aromatic carbocycles. The van der Waals surface area contributed by atoms with Crippen molar-refractivity contribution >= 4 is 0 Å². The molecule has 0 bridgehead atoms. The van der Waals surface area contributed by atoms with Gasteiger partial charge in [0, 0.05) is 18.4 Å². The molecule has 0 aliphatic carbocycles. The molecule has 0 aliphatic heterocycles. The van der Waals surface area contributed by atoms with E-state index < -0.39 is 0 Å². The van der Waals surface area contributed by atoms with Crippen molar-refractivity contribution in [2.24, 2.45) is 0 Å². The number of nitrogens with zero attached hydrogens (tertiary/aromatic N) is 2. The van der Waals surface area contributed by atoms with Crippen LogP contribution in [0.5, 0.6) is 5.75 Å². The standard InChI is InChI=1S/C13H16N2O2/c1-9-13(6-7-16)10(2)15(14-9)11-4-3-5-12(17)8-11/h3-5,8,16-17H,6-7H2,1-2H3. The summed E-state index contributed by atoms with van der Waals surface area (Å²) in [5, 5.41) is 22.9. The summed E-state index contributed by atoms with van der Waals surface area (Å²) in [5.41, 5.74) is 3.81. The topological polar surface area (TPSA) is 58.3 Å². The van der Waals surface area contributed by atoms with Gasteiger partial charge in [0.05, 0.1) is 11.4 Å². The van der Waals surface area contributed by atoms with Crippen LogP contribution >= 0.6 is 0 Å². The van der Waals surface area contributed by atoms with Crippen LogP contribution in [0.4, 0.5) is 0 Å². The van der Waals surface area contributed by atoms with Crippen molar-refractivity contribution in [3.8, 4) is 11.4 Å². The van der Waals surface area contributed by atoms with Gasteiger partial charge < -0.3 is 10.2 Å². The number of rotatable bonds is 3. The van der Waals surface area contributed by atoms with Crippen LogP contribution in [0.15, 0.2) is 24.3 Å². The average Bonchev–Trinajstić information content (AvgIpc) is 2.57. The zero-order valence-electron chi connectivity index (χ0n) is 10.0. The minimum atomic E-state index is 0.118. The fourth-order valence-corrected chi connectivity index (χ4v) is 2.02. The molecule has 0 aliphatic rings. The molecule has 2 aromatic rings. The van der Waals surface area contributed by atoms with E-state index in [0.717, 1.165) is 22.6 Å². The molecule has 0 atom stereocenters. The highest BCUT2D eigenvalue weighted by Gasteiger charge is 2.12. The van der Waals surface area contributed by atoms with Gasteiger partial charge >= 0.3 is 0 Å². The monoisotopic (exact) mass is 232 g/mol. The molecule has 2 N–H and O–H groups in total. The third-order valence-corrected chi connectivity index (χ3v) is 2.88. The summed E-state index contributed by atoms with van der Waals surface area (Å²) in [6.07, 6.45) is 0.608. The zero-order valence-corrected chi connectivity index (χ0v) is 10.0. The maximum atomic E-state index is 9.46. The van der Waals surface area contributed by atoms with Gasteiger partial charge in [0.25, 0.3) is 0 Å².